The summed E-state index contributed by atoms with van der Waals surface area (Å²) < 4.78 is 6.23. The van der Waals surface area contributed by atoms with Gasteiger partial charge in [-0.25, -0.2) is 0 Å². The SMILES string of the molecule is CCO[C@@H](c1cc(Cl)ccc1NC=S)c1cccc(CC)c1C1CC1. The third-order valence-corrected chi connectivity index (χ3v) is 5.08. The topological polar surface area (TPSA) is 21.3 Å². The zero-order valence-corrected chi connectivity index (χ0v) is 16.3. The molecule has 3 rings (SSSR count). The number of hydrogen-bond acceptors (Lipinski definition) is 2. The van der Waals surface area contributed by atoms with Gasteiger partial charge in [-0.3, -0.25) is 0 Å². The molecule has 0 bridgehead atoms. The van der Waals surface area contributed by atoms with E-state index in [-0.39, 0.29) is 6.10 Å². The summed E-state index contributed by atoms with van der Waals surface area (Å²) in [6.45, 7) is 4.89. The molecule has 4 heteroatoms. The molecular formula is C21H24ClNOS. The third-order valence-electron chi connectivity index (χ3n) is 4.72. The molecule has 1 N–H and O–H groups in total. The van der Waals surface area contributed by atoms with Gasteiger partial charge >= 0.3 is 0 Å². The summed E-state index contributed by atoms with van der Waals surface area (Å²) in [4.78, 5) is 0. The number of ether oxygens (including phenoxy) is 1. The van der Waals surface area contributed by atoms with Crippen LogP contribution >= 0.6 is 23.8 Å². The third kappa shape index (κ3) is 4.05. The maximum absolute atomic E-state index is 6.30. The van der Waals surface area contributed by atoms with Gasteiger partial charge in [-0.2, -0.15) is 0 Å². The van der Waals surface area contributed by atoms with Gasteiger partial charge in [0.15, 0.2) is 0 Å². The zero-order valence-electron chi connectivity index (χ0n) is 14.7. The molecule has 2 aromatic rings. The molecule has 0 aliphatic heterocycles. The molecule has 1 saturated carbocycles. The molecule has 0 saturated heterocycles. The first kappa shape index (κ1) is 18.4. The Hall–Kier alpha value is -1.42. The minimum absolute atomic E-state index is 0.150. The van der Waals surface area contributed by atoms with Crippen LogP contribution in [0.15, 0.2) is 36.4 Å². The molecule has 132 valence electrons. The summed E-state index contributed by atoms with van der Waals surface area (Å²) in [5, 5.41) is 3.86. The highest BCUT2D eigenvalue weighted by molar-refractivity contribution is 7.79. The van der Waals surface area contributed by atoms with Crippen LogP contribution in [-0.4, -0.2) is 12.1 Å². The van der Waals surface area contributed by atoms with Crippen molar-refractivity contribution >= 4 is 35.0 Å². The maximum Gasteiger partial charge on any atom is 0.110 e. The van der Waals surface area contributed by atoms with E-state index >= 15 is 0 Å². The van der Waals surface area contributed by atoms with Crippen molar-refractivity contribution in [3.05, 3.63) is 63.7 Å². The van der Waals surface area contributed by atoms with Gasteiger partial charge < -0.3 is 10.1 Å². The van der Waals surface area contributed by atoms with Crippen LogP contribution < -0.4 is 5.32 Å². The van der Waals surface area contributed by atoms with Crippen molar-refractivity contribution < 1.29 is 4.74 Å². The molecule has 1 fully saturated rings. The highest BCUT2D eigenvalue weighted by Gasteiger charge is 2.31. The van der Waals surface area contributed by atoms with Crippen LogP contribution in [0.25, 0.3) is 0 Å². The van der Waals surface area contributed by atoms with E-state index in [1.165, 1.54) is 35.0 Å². The van der Waals surface area contributed by atoms with Crippen LogP contribution in [0.2, 0.25) is 5.02 Å². The van der Waals surface area contributed by atoms with E-state index in [0.717, 1.165) is 17.7 Å². The van der Waals surface area contributed by atoms with Crippen LogP contribution in [0.5, 0.6) is 0 Å². The fraction of sp³-hybridized carbons (Fsp3) is 0.381. The first-order valence-electron chi connectivity index (χ1n) is 8.92. The Morgan fingerprint density at radius 2 is 2.04 bits per heavy atom. The largest absolute Gasteiger partial charge is 0.369 e. The van der Waals surface area contributed by atoms with E-state index < -0.39 is 0 Å². The van der Waals surface area contributed by atoms with E-state index in [2.05, 4.69) is 30.4 Å². The molecule has 1 aliphatic carbocycles. The molecule has 0 unspecified atom stereocenters. The highest BCUT2D eigenvalue weighted by atomic mass is 35.5. The number of rotatable bonds is 8. The summed E-state index contributed by atoms with van der Waals surface area (Å²) in [5.74, 6) is 0.662. The van der Waals surface area contributed by atoms with Gasteiger partial charge in [-0.15, -0.1) is 0 Å². The summed E-state index contributed by atoms with van der Waals surface area (Å²) in [6.07, 6.45) is 3.43. The van der Waals surface area contributed by atoms with Gasteiger partial charge in [0.25, 0.3) is 0 Å². The smallest absolute Gasteiger partial charge is 0.110 e. The fourth-order valence-corrected chi connectivity index (χ4v) is 3.81. The van der Waals surface area contributed by atoms with Crippen molar-refractivity contribution in [2.45, 2.75) is 45.1 Å². The first-order valence-corrected chi connectivity index (χ1v) is 9.77. The average Bonchev–Trinajstić information content (AvgIpc) is 3.46. The van der Waals surface area contributed by atoms with E-state index in [4.69, 9.17) is 28.6 Å². The summed E-state index contributed by atoms with van der Waals surface area (Å²) >= 11 is 11.3. The molecule has 0 heterocycles. The Morgan fingerprint density at radius 1 is 1.24 bits per heavy atom. The second kappa shape index (κ2) is 8.31. The number of thiocarbonyl (C=S) groups is 1. The van der Waals surface area contributed by atoms with Crippen LogP contribution in [-0.2, 0) is 11.2 Å². The van der Waals surface area contributed by atoms with Gasteiger partial charge in [-0.1, -0.05) is 48.9 Å². The first-order chi connectivity index (χ1) is 12.2. The van der Waals surface area contributed by atoms with Crippen molar-refractivity contribution in [2.75, 3.05) is 11.9 Å². The molecule has 2 nitrogen and oxygen atoms in total. The molecule has 0 radical (unpaired) electrons. The fourth-order valence-electron chi connectivity index (χ4n) is 3.50. The molecule has 0 spiro atoms. The Kier molecular flexibility index (Phi) is 6.10. The quantitative estimate of drug-likeness (QED) is 0.550. The van der Waals surface area contributed by atoms with Gasteiger partial charge in [0, 0.05) is 22.9 Å². The Bertz CT molecular complexity index is 758. The van der Waals surface area contributed by atoms with Gasteiger partial charge in [0.05, 0.1) is 5.49 Å². The molecule has 0 aromatic heterocycles. The van der Waals surface area contributed by atoms with E-state index in [1.807, 2.05) is 25.1 Å². The molecule has 1 atom stereocenters. The lowest BCUT2D eigenvalue weighted by atomic mass is 9.89. The number of nitrogens with one attached hydrogen (secondary N) is 1. The summed E-state index contributed by atoms with van der Waals surface area (Å²) in [5.41, 5.74) is 7.67. The lowest BCUT2D eigenvalue weighted by Crippen LogP contribution is -2.12. The van der Waals surface area contributed by atoms with E-state index in [9.17, 15) is 0 Å². The zero-order chi connectivity index (χ0) is 17.8. The molecule has 2 aromatic carbocycles. The van der Waals surface area contributed by atoms with E-state index in [0.29, 0.717) is 17.5 Å². The second-order valence-corrected chi connectivity index (χ2v) is 7.05. The molecule has 25 heavy (non-hydrogen) atoms. The number of hydrogen-bond donors (Lipinski definition) is 1. The second-order valence-electron chi connectivity index (χ2n) is 6.38. The lowest BCUT2D eigenvalue weighted by molar-refractivity contribution is 0.0911. The monoisotopic (exact) mass is 373 g/mol. The van der Waals surface area contributed by atoms with Crippen molar-refractivity contribution in [3.63, 3.8) is 0 Å². The van der Waals surface area contributed by atoms with Crippen molar-refractivity contribution in [3.8, 4) is 0 Å². The number of anilines is 1. The van der Waals surface area contributed by atoms with Gasteiger partial charge in [0.1, 0.15) is 6.10 Å². The summed E-state index contributed by atoms with van der Waals surface area (Å²) in [6, 6.07) is 12.4. The van der Waals surface area contributed by atoms with Crippen LogP contribution in [0, 0.1) is 0 Å². The summed E-state index contributed by atoms with van der Waals surface area (Å²) in [7, 11) is 0. The minimum Gasteiger partial charge on any atom is -0.369 e. The molecular weight excluding hydrogens is 350 g/mol. The lowest BCUT2D eigenvalue weighted by Gasteiger charge is -2.25. The highest BCUT2D eigenvalue weighted by Crippen LogP contribution is 2.47. The van der Waals surface area contributed by atoms with Gasteiger partial charge in [0.2, 0.25) is 0 Å². The Morgan fingerprint density at radius 3 is 2.68 bits per heavy atom. The van der Waals surface area contributed by atoms with Crippen molar-refractivity contribution in [2.24, 2.45) is 0 Å². The van der Waals surface area contributed by atoms with Crippen LogP contribution in [0.1, 0.15) is 61.0 Å². The molecule has 1 aliphatic rings. The van der Waals surface area contributed by atoms with E-state index in [1.54, 1.807) is 0 Å². The van der Waals surface area contributed by atoms with Crippen LogP contribution in [0.3, 0.4) is 0 Å². The molecule has 0 amide bonds. The van der Waals surface area contributed by atoms with Crippen molar-refractivity contribution in [1.29, 1.82) is 0 Å². The number of aryl methyl sites for hydroxylation is 1. The van der Waals surface area contributed by atoms with Crippen LogP contribution in [0.4, 0.5) is 5.69 Å². The predicted octanol–water partition coefficient (Wildman–Crippen LogP) is 6.27. The average molecular weight is 374 g/mol. The normalized spacial score (nSPS) is 15.0. The minimum atomic E-state index is -0.150. The Labute approximate surface area is 160 Å². The number of halogens is 1. The standard InChI is InChI=1S/C21H24ClNOS/c1-3-14-6-5-7-17(20(14)15-8-9-15)21(24-4-2)18-12-16(22)10-11-19(18)23-13-25/h5-7,10-13,15,21H,3-4,8-9H2,1-2H3,(H,23,25)/t21-/m1/s1. The maximum atomic E-state index is 6.30. The number of benzene rings is 2. The Balaban J connectivity index is 2.15. The van der Waals surface area contributed by atoms with Crippen molar-refractivity contribution in [1.82, 2.24) is 0 Å². The van der Waals surface area contributed by atoms with Gasteiger partial charge in [-0.05, 0) is 67.0 Å². The predicted molar refractivity (Wildman–Crippen MR) is 110 cm³/mol.